The van der Waals surface area contributed by atoms with Crippen LogP contribution in [0.1, 0.15) is 23.1 Å². The Bertz CT molecular complexity index is 1100. The van der Waals surface area contributed by atoms with E-state index in [1.165, 1.54) is 0 Å². The maximum Gasteiger partial charge on any atom is 0.274 e. The predicted molar refractivity (Wildman–Crippen MR) is 102 cm³/mol. The predicted octanol–water partition coefficient (Wildman–Crippen LogP) is 4.46. The number of fused-ring (bicyclic) bond motifs is 2. The molecule has 0 aliphatic carbocycles. The molecule has 3 heterocycles. The lowest BCUT2D eigenvalue weighted by molar-refractivity contribution is 0.102. The normalized spacial score (nSPS) is 11.1. The number of pyridine rings is 2. The van der Waals surface area contributed by atoms with Crippen molar-refractivity contribution in [1.29, 1.82) is 0 Å². The second-order valence-corrected chi connectivity index (χ2v) is 6.59. The Morgan fingerprint density at radius 3 is 2.88 bits per heavy atom. The topological polar surface area (TPSA) is 59.3 Å². The first-order chi connectivity index (χ1) is 12.2. The molecule has 0 saturated heterocycles. The number of carbonyl (C=O) groups is 1. The molecule has 3 aromatic heterocycles. The van der Waals surface area contributed by atoms with E-state index in [0.717, 1.165) is 26.7 Å². The molecule has 0 radical (unpaired) electrons. The number of hydrogen-bond acceptors (Lipinski definition) is 3. The smallest absolute Gasteiger partial charge is 0.274 e. The number of amides is 1. The number of nitrogens with one attached hydrogen (secondary N) is 1. The first kappa shape index (κ1) is 15.8. The number of carbonyl (C=O) groups excluding carboxylic acids is 1. The fourth-order valence-corrected chi connectivity index (χ4v) is 3.28. The van der Waals surface area contributed by atoms with Crippen molar-refractivity contribution in [3.05, 3.63) is 70.7 Å². The number of rotatable bonds is 3. The van der Waals surface area contributed by atoms with Crippen molar-refractivity contribution in [1.82, 2.24) is 14.4 Å². The molecular formula is C19H15BrN4O. The highest BCUT2D eigenvalue weighted by Gasteiger charge is 2.19. The summed E-state index contributed by atoms with van der Waals surface area (Å²) in [5, 5.41) is 3.98. The highest BCUT2D eigenvalue weighted by Crippen LogP contribution is 2.23. The van der Waals surface area contributed by atoms with E-state index in [-0.39, 0.29) is 5.91 Å². The summed E-state index contributed by atoms with van der Waals surface area (Å²) in [5.74, 6) is -0.194. The molecule has 4 aromatic rings. The Kier molecular flexibility index (Phi) is 3.97. The van der Waals surface area contributed by atoms with Gasteiger partial charge in [0.15, 0.2) is 0 Å². The number of benzene rings is 1. The van der Waals surface area contributed by atoms with Crippen LogP contribution >= 0.6 is 15.9 Å². The first-order valence-corrected chi connectivity index (χ1v) is 8.78. The van der Waals surface area contributed by atoms with Crippen LogP contribution in [0, 0.1) is 0 Å². The van der Waals surface area contributed by atoms with Gasteiger partial charge in [-0.05, 0) is 46.6 Å². The number of anilines is 1. The van der Waals surface area contributed by atoms with Crippen molar-refractivity contribution in [3.8, 4) is 0 Å². The number of para-hydroxylation sites is 1. The minimum absolute atomic E-state index is 0.194. The van der Waals surface area contributed by atoms with E-state index in [1.807, 2.05) is 60.0 Å². The maximum absolute atomic E-state index is 13.0. The van der Waals surface area contributed by atoms with E-state index in [4.69, 9.17) is 0 Å². The summed E-state index contributed by atoms with van der Waals surface area (Å²) in [7, 11) is 0. The van der Waals surface area contributed by atoms with E-state index in [9.17, 15) is 4.79 Å². The van der Waals surface area contributed by atoms with Crippen LogP contribution < -0.4 is 5.32 Å². The highest BCUT2D eigenvalue weighted by molar-refractivity contribution is 9.10. The van der Waals surface area contributed by atoms with Gasteiger partial charge in [-0.3, -0.25) is 14.2 Å². The monoisotopic (exact) mass is 394 g/mol. The van der Waals surface area contributed by atoms with E-state index < -0.39 is 0 Å². The second kappa shape index (κ2) is 6.29. The fraction of sp³-hybridized carbons (Fsp3) is 0.105. The summed E-state index contributed by atoms with van der Waals surface area (Å²) < 4.78 is 2.71. The number of aryl methyl sites for hydroxylation is 1. The summed E-state index contributed by atoms with van der Waals surface area (Å²) in [5.41, 5.74) is 3.53. The van der Waals surface area contributed by atoms with Gasteiger partial charge in [-0.2, -0.15) is 0 Å². The number of imidazole rings is 1. The fourth-order valence-electron chi connectivity index (χ4n) is 2.94. The Labute approximate surface area is 152 Å². The zero-order valence-corrected chi connectivity index (χ0v) is 15.1. The molecule has 0 bridgehead atoms. The van der Waals surface area contributed by atoms with Crippen molar-refractivity contribution in [3.63, 3.8) is 0 Å². The number of aromatic nitrogens is 3. The van der Waals surface area contributed by atoms with E-state index >= 15 is 0 Å². The minimum atomic E-state index is -0.194. The van der Waals surface area contributed by atoms with E-state index in [1.54, 1.807) is 6.20 Å². The molecule has 25 heavy (non-hydrogen) atoms. The SMILES string of the molecule is CCc1nc2ccc(Br)cn2c1C(=O)Nc1cccc2cccnc12. The molecule has 5 nitrogen and oxygen atoms in total. The lowest BCUT2D eigenvalue weighted by Crippen LogP contribution is -2.16. The number of hydrogen-bond donors (Lipinski definition) is 1. The summed E-state index contributed by atoms with van der Waals surface area (Å²) in [6, 6.07) is 13.4. The van der Waals surface area contributed by atoms with Gasteiger partial charge in [0.2, 0.25) is 0 Å². The third kappa shape index (κ3) is 2.78. The van der Waals surface area contributed by atoms with Crippen LogP contribution in [0.5, 0.6) is 0 Å². The molecule has 0 atom stereocenters. The number of nitrogens with zero attached hydrogens (tertiary/aromatic N) is 3. The molecule has 0 aliphatic heterocycles. The molecule has 0 unspecified atom stereocenters. The quantitative estimate of drug-likeness (QED) is 0.557. The van der Waals surface area contributed by atoms with Crippen LogP contribution in [0.2, 0.25) is 0 Å². The van der Waals surface area contributed by atoms with Crippen molar-refractivity contribution < 1.29 is 4.79 Å². The summed E-state index contributed by atoms with van der Waals surface area (Å²) in [6.07, 6.45) is 4.26. The van der Waals surface area contributed by atoms with E-state index in [0.29, 0.717) is 17.8 Å². The van der Waals surface area contributed by atoms with Gasteiger partial charge in [-0.25, -0.2) is 4.98 Å². The summed E-state index contributed by atoms with van der Waals surface area (Å²) in [6.45, 7) is 1.99. The largest absolute Gasteiger partial charge is 0.319 e. The van der Waals surface area contributed by atoms with Gasteiger partial charge in [0.05, 0.1) is 16.9 Å². The molecule has 0 aliphatic rings. The van der Waals surface area contributed by atoms with Gasteiger partial charge >= 0.3 is 0 Å². The van der Waals surface area contributed by atoms with Crippen molar-refractivity contribution in [2.75, 3.05) is 5.32 Å². The Morgan fingerprint density at radius 2 is 2.04 bits per heavy atom. The second-order valence-electron chi connectivity index (χ2n) is 5.67. The maximum atomic E-state index is 13.0. The molecule has 6 heteroatoms. The highest BCUT2D eigenvalue weighted by atomic mass is 79.9. The molecule has 1 aromatic carbocycles. The number of halogens is 1. The lowest BCUT2D eigenvalue weighted by Gasteiger charge is -2.09. The Balaban J connectivity index is 1.81. The summed E-state index contributed by atoms with van der Waals surface area (Å²) in [4.78, 5) is 22.0. The molecule has 124 valence electrons. The van der Waals surface area contributed by atoms with Gasteiger partial charge < -0.3 is 5.32 Å². The Morgan fingerprint density at radius 1 is 1.20 bits per heavy atom. The third-order valence-electron chi connectivity index (χ3n) is 4.09. The zero-order valence-electron chi connectivity index (χ0n) is 13.5. The minimum Gasteiger partial charge on any atom is -0.319 e. The average Bonchev–Trinajstić information content (AvgIpc) is 3.00. The van der Waals surface area contributed by atoms with Gasteiger partial charge in [0, 0.05) is 22.3 Å². The molecule has 1 amide bonds. The van der Waals surface area contributed by atoms with Gasteiger partial charge in [0.1, 0.15) is 11.3 Å². The first-order valence-electron chi connectivity index (χ1n) is 7.99. The van der Waals surface area contributed by atoms with Crippen molar-refractivity contribution >= 4 is 44.1 Å². The van der Waals surface area contributed by atoms with Crippen LogP contribution in [0.3, 0.4) is 0 Å². The van der Waals surface area contributed by atoms with Crippen LogP contribution in [-0.2, 0) is 6.42 Å². The molecular weight excluding hydrogens is 380 g/mol. The van der Waals surface area contributed by atoms with Crippen molar-refractivity contribution in [2.24, 2.45) is 0 Å². The average molecular weight is 395 g/mol. The Hall–Kier alpha value is -2.73. The van der Waals surface area contributed by atoms with Gasteiger partial charge in [-0.15, -0.1) is 0 Å². The molecule has 0 spiro atoms. The summed E-state index contributed by atoms with van der Waals surface area (Å²) >= 11 is 3.46. The van der Waals surface area contributed by atoms with Crippen LogP contribution in [0.15, 0.2) is 59.3 Å². The standard InChI is InChI=1S/C19H15BrN4O/c1-2-14-18(24-11-13(20)8-9-16(24)22-14)19(25)23-15-7-3-5-12-6-4-10-21-17(12)15/h3-11H,2H2,1H3,(H,23,25). The van der Waals surface area contributed by atoms with Crippen molar-refractivity contribution in [2.45, 2.75) is 13.3 Å². The van der Waals surface area contributed by atoms with Crippen LogP contribution in [0.25, 0.3) is 16.6 Å². The molecule has 4 rings (SSSR count). The molecule has 0 saturated carbocycles. The van der Waals surface area contributed by atoms with Crippen LogP contribution in [0.4, 0.5) is 5.69 Å². The van der Waals surface area contributed by atoms with Gasteiger partial charge in [-0.1, -0.05) is 25.1 Å². The van der Waals surface area contributed by atoms with E-state index in [2.05, 4.69) is 31.2 Å². The lowest BCUT2D eigenvalue weighted by atomic mass is 10.2. The third-order valence-corrected chi connectivity index (χ3v) is 4.55. The zero-order chi connectivity index (χ0) is 17.4. The van der Waals surface area contributed by atoms with Crippen LogP contribution in [-0.4, -0.2) is 20.3 Å². The molecule has 0 fully saturated rings. The van der Waals surface area contributed by atoms with Gasteiger partial charge in [0.25, 0.3) is 5.91 Å². The molecule has 1 N–H and O–H groups in total.